The van der Waals surface area contributed by atoms with E-state index in [1.54, 1.807) is 16.3 Å². The van der Waals surface area contributed by atoms with Crippen molar-refractivity contribution in [1.29, 1.82) is 0 Å². The molecule has 0 saturated heterocycles. The van der Waals surface area contributed by atoms with Crippen LogP contribution in [0.3, 0.4) is 0 Å². The summed E-state index contributed by atoms with van der Waals surface area (Å²) in [5.74, 6) is 6.10. The topological polar surface area (TPSA) is 42.1 Å². The molecule has 1 atom stereocenters. The Balaban J connectivity index is 2.22. The van der Waals surface area contributed by atoms with Gasteiger partial charge in [0.2, 0.25) is 0 Å². The molecule has 3 nitrogen and oxygen atoms in total. The van der Waals surface area contributed by atoms with Crippen molar-refractivity contribution in [2.45, 2.75) is 32.7 Å². The van der Waals surface area contributed by atoms with Crippen LogP contribution < -0.4 is 10.9 Å². The van der Waals surface area contributed by atoms with Gasteiger partial charge < -0.3 is 0 Å². The van der Waals surface area contributed by atoms with E-state index < -0.39 is 0 Å². The highest BCUT2D eigenvalue weighted by Gasteiger charge is 2.15. The first kappa shape index (κ1) is 14.3. The first-order chi connectivity index (χ1) is 9.13. The number of thiazole rings is 1. The molecule has 1 heterocycles. The smallest absolute Gasteiger partial charge is 0.200 e. The molecule has 1 aromatic carbocycles. The minimum Gasteiger partial charge on any atom is -0.283 e. The molecule has 0 aliphatic carbocycles. The molecule has 2 N–H and O–H groups in total. The molecule has 0 saturated carbocycles. The second kappa shape index (κ2) is 6.37. The predicted octanol–water partition coefficient (Wildman–Crippen LogP) is 4.33. The van der Waals surface area contributed by atoms with Crippen molar-refractivity contribution < 1.29 is 0 Å². The molecule has 1 aromatic heterocycles. The highest BCUT2D eigenvalue weighted by Crippen LogP contribution is 2.31. The summed E-state index contributed by atoms with van der Waals surface area (Å²) in [4.78, 5) is 4.58. The van der Waals surface area contributed by atoms with E-state index in [1.165, 1.54) is 0 Å². The second-order valence-electron chi connectivity index (χ2n) is 4.54. The third kappa shape index (κ3) is 3.26. The summed E-state index contributed by atoms with van der Waals surface area (Å²) < 4.78 is 0. The summed E-state index contributed by atoms with van der Waals surface area (Å²) in [6, 6.07) is 8.00. The van der Waals surface area contributed by atoms with Crippen LogP contribution in [0.25, 0.3) is 11.3 Å². The summed E-state index contributed by atoms with van der Waals surface area (Å²) in [6.07, 6.45) is 2.16. The average molecular weight is 296 g/mol. The Morgan fingerprint density at radius 3 is 2.84 bits per heavy atom. The Labute approximate surface area is 123 Å². The largest absolute Gasteiger partial charge is 0.283 e. The van der Waals surface area contributed by atoms with Crippen molar-refractivity contribution >= 4 is 28.1 Å². The van der Waals surface area contributed by atoms with Crippen LogP contribution >= 0.6 is 22.9 Å². The van der Waals surface area contributed by atoms with Gasteiger partial charge >= 0.3 is 0 Å². The van der Waals surface area contributed by atoms with Crippen molar-refractivity contribution in [3.8, 4) is 11.3 Å². The lowest BCUT2D eigenvalue weighted by molar-refractivity contribution is 0.592. The molecule has 0 aliphatic rings. The molecule has 0 bridgehead atoms. The van der Waals surface area contributed by atoms with E-state index in [4.69, 9.17) is 17.4 Å². The molecule has 0 radical (unpaired) electrons. The first-order valence-corrected chi connectivity index (χ1v) is 7.63. The number of aromatic nitrogens is 1. The van der Waals surface area contributed by atoms with Crippen molar-refractivity contribution in [2.75, 3.05) is 5.01 Å². The van der Waals surface area contributed by atoms with Gasteiger partial charge in [0.05, 0.1) is 5.69 Å². The molecule has 1 unspecified atom stereocenters. The number of hydrazine groups is 1. The minimum absolute atomic E-state index is 0.287. The summed E-state index contributed by atoms with van der Waals surface area (Å²) in [6.45, 7) is 4.27. The maximum Gasteiger partial charge on any atom is 0.200 e. The zero-order valence-corrected chi connectivity index (χ0v) is 12.7. The fraction of sp³-hybridized carbons (Fsp3) is 0.357. The Kier molecular flexibility index (Phi) is 4.80. The molecule has 2 aromatic rings. The van der Waals surface area contributed by atoms with E-state index in [0.29, 0.717) is 5.02 Å². The third-order valence-electron chi connectivity index (χ3n) is 3.04. The predicted molar refractivity (Wildman–Crippen MR) is 83.6 cm³/mol. The Bertz CT molecular complexity index is 541. The number of nitrogens with zero attached hydrogens (tertiary/aromatic N) is 2. The van der Waals surface area contributed by atoms with E-state index in [0.717, 1.165) is 29.2 Å². The highest BCUT2D eigenvalue weighted by molar-refractivity contribution is 7.14. The lowest BCUT2D eigenvalue weighted by Crippen LogP contribution is -2.39. The number of benzene rings is 1. The first-order valence-electron chi connectivity index (χ1n) is 6.37. The number of hydrogen-bond acceptors (Lipinski definition) is 4. The Morgan fingerprint density at radius 2 is 2.16 bits per heavy atom. The molecule has 5 heteroatoms. The summed E-state index contributed by atoms with van der Waals surface area (Å²) >= 11 is 7.73. The van der Waals surface area contributed by atoms with Crippen LogP contribution in [0.2, 0.25) is 5.02 Å². The normalized spacial score (nSPS) is 12.4. The molecular weight excluding hydrogens is 278 g/mol. The van der Waals surface area contributed by atoms with Gasteiger partial charge in [-0.05, 0) is 19.4 Å². The molecule has 0 amide bonds. The zero-order chi connectivity index (χ0) is 13.8. The monoisotopic (exact) mass is 295 g/mol. The van der Waals surface area contributed by atoms with Crippen molar-refractivity contribution in [1.82, 2.24) is 4.98 Å². The fourth-order valence-corrected chi connectivity index (χ4v) is 3.00. The van der Waals surface area contributed by atoms with Gasteiger partial charge in [-0.3, -0.25) is 5.01 Å². The van der Waals surface area contributed by atoms with Crippen molar-refractivity contribution in [3.63, 3.8) is 0 Å². The van der Waals surface area contributed by atoms with Crippen LogP contribution in [-0.4, -0.2) is 11.0 Å². The zero-order valence-electron chi connectivity index (χ0n) is 11.1. The Morgan fingerprint density at radius 1 is 1.42 bits per heavy atom. The summed E-state index contributed by atoms with van der Waals surface area (Å²) in [5.41, 5.74) is 1.83. The van der Waals surface area contributed by atoms with Gasteiger partial charge in [0.15, 0.2) is 5.13 Å². The number of hydrogen-bond donors (Lipinski definition) is 1. The maximum atomic E-state index is 6.18. The van der Waals surface area contributed by atoms with Crippen LogP contribution in [0.1, 0.15) is 26.7 Å². The Hall–Kier alpha value is -1.10. The quantitative estimate of drug-likeness (QED) is 0.659. The fourth-order valence-electron chi connectivity index (χ4n) is 1.92. The van der Waals surface area contributed by atoms with E-state index in [9.17, 15) is 0 Å². The van der Waals surface area contributed by atoms with Crippen LogP contribution in [-0.2, 0) is 0 Å². The maximum absolute atomic E-state index is 6.18. The minimum atomic E-state index is 0.287. The van der Waals surface area contributed by atoms with E-state index in [-0.39, 0.29) is 6.04 Å². The van der Waals surface area contributed by atoms with Crippen molar-refractivity contribution in [3.05, 3.63) is 34.7 Å². The number of halogens is 1. The lowest BCUT2D eigenvalue weighted by Gasteiger charge is -2.22. The van der Waals surface area contributed by atoms with Crippen LogP contribution in [0, 0.1) is 0 Å². The second-order valence-corrected chi connectivity index (χ2v) is 5.78. The van der Waals surface area contributed by atoms with E-state index in [2.05, 4.69) is 18.8 Å². The van der Waals surface area contributed by atoms with Gasteiger partial charge in [-0.1, -0.05) is 43.1 Å². The van der Waals surface area contributed by atoms with Gasteiger partial charge in [0.1, 0.15) is 0 Å². The van der Waals surface area contributed by atoms with Gasteiger partial charge in [-0.2, -0.15) is 0 Å². The van der Waals surface area contributed by atoms with E-state index >= 15 is 0 Å². The molecule has 0 aliphatic heterocycles. The molecular formula is C14H18ClN3S. The number of rotatable bonds is 5. The SMILES string of the molecule is CCCC(C)N(N)c1nc(-c2ccccc2Cl)cs1. The molecule has 0 spiro atoms. The van der Waals surface area contributed by atoms with Crippen LogP contribution in [0.4, 0.5) is 5.13 Å². The lowest BCUT2D eigenvalue weighted by atomic mass is 10.2. The molecule has 102 valence electrons. The van der Waals surface area contributed by atoms with Crippen LogP contribution in [0.5, 0.6) is 0 Å². The summed E-state index contributed by atoms with van der Waals surface area (Å²) in [7, 11) is 0. The van der Waals surface area contributed by atoms with Gasteiger partial charge in [-0.25, -0.2) is 10.8 Å². The van der Waals surface area contributed by atoms with Gasteiger partial charge in [0, 0.05) is 22.0 Å². The van der Waals surface area contributed by atoms with E-state index in [1.807, 2.05) is 29.6 Å². The number of nitrogens with two attached hydrogens (primary N) is 1. The van der Waals surface area contributed by atoms with Gasteiger partial charge in [-0.15, -0.1) is 11.3 Å². The number of anilines is 1. The van der Waals surface area contributed by atoms with Crippen LogP contribution in [0.15, 0.2) is 29.6 Å². The standard InChI is InChI=1S/C14H18ClN3S/c1-3-6-10(2)18(16)14-17-13(9-19-14)11-7-4-5-8-12(11)15/h4-5,7-10H,3,6,16H2,1-2H3. The molecule has 19 heavy (non-hydrogen) atoms. The third-order valence-corrected chi connectivity index (χ3v) is 4.23. The molecule has 2 rings (SSSR count). The highest BCUT2D eigenvalue weighted by atomic mass is 35.5. The molecule has 0 fully saturated rings. The van der Waals surface area contributed by atoms with Gasteiger partial charge in [0.25, 0.3) is 0 Å². The summed E-state index contributed by atoms with van der Waals surface area (Å²) in [5, 5.41) is 5.28. The average Bonchev–Trinajstić information content (AvgIpc) is 2.88. The van der Waals surface area contributed by atoms with Crippen molar-refractivity contribution in [2.24, 2.45) is 5.84 Å².